The molecule has 1 aliphatic rings. The van der Waals surface area contributed by atoms with Crippen LogP contribution in [0.1, 0.15) is 52.8 Å². The van der Waals surface area contributed by atoms with E-state index in [9.17, 15) is 9.59 Å². The molecule has 0 saturated heterocycles. The van der Waals surface area contributed by atoms with Crippen molar-refractivity contribution in [1.82, 2.24) is 4.98 Å². The fraction of sp³-hybridized carbons (Fsp3) is 0.615. The van der Waals surface area contributed by atoms with Gasteiger partial charge in [0.05, 0.1) is 7.11 Å². The molecular formula is C13H18N2O3S. The highest BCUT2D eigenvalue weighted by molar-refractivity contribution is 7.17. The molecule has 2 rings (SSSR count). The molecule has 19 heavy (non-hydrogen) atoms. The van der Waals surface area contributed by atoms with Gasteiger partial charge in [0, 0.05) is 20.0 Å². The number of rotatable bonds is 4. The van der Waals surface area contributed by atoms with Crippen LogP contribution < -0.4 is 4.90 Å². The number of esters is 1. The molecule has 0 amide bonds. The number of thiazole rings is 1. The molecule has 0 atom stereocenters. The smallest absolute Gasteiger partial charge is 0.358 e. The van der Waals surface area contributed by atoms with E-state index in [0.29, 0.717) is 10.9 Å². The van der Waals surface area contributed by atoms with Crippen molar-refractivity contribution in [1.29, 1.82) is 0 Å². The number of carbonyl (C=O) groups is 2. The summed E-state index contributed by atoms with van der Waals surface area (Å²) in [6.07, 6.45) is 4.73. The third kappa shape index (κ3) is 2.78. The molecule has 1 aromatic rings. The van der Waals surface area contributed by atoms with Crippen molar-refractivity contribution in [2.45, 2.75) is 38.6 Å². The van der Waals surface area contributed by atoms with Crippen molar-refractivity contribution < 1.29 is 14.3 Å². The van der Waals surface area contributed by atoms with Gasteiger partial charge in [0.25, 0.3) is 0 Å². The minimum atomic E-state index is -0.549. The molecule has 0 unspecified atom stereocenters. The van der Waals surface area contributed by atoms with E-state index in [2.05, 4.69) is 14.6 Å². The SMILES string of the molecule is COC(=O)c1nc(N(C)C2CCCC2)sc1C(C)=O. The number of aromatic nitrogens is 1. The van der Waals surface area contributed by atoms with Crippen molar-refractivity contribution >= 4 is 28.2 Å². The van der Waals surface area contributed by atoms with E-state index in [0.717, 1.165) is 18.0 Å². The van der Waals surface area contributed by atoms with E-state index >= 15 is 0 Å². The van der Waals surface area contributed by atoms with Crippen LogP contribution in [0.4, 0.5) is 5.13 Å². The van der Waals surface area contributed by atoms with Crippen molar-refractivity contribution in [2.75, 3.05) is 19.1 Å². The van der Waals surface area contributed by atoms with Crippen molar-refractivity contribution in [3.05, 3.63) is 10.6 Å². The van der Waals surface area contributed by atoms with Crippen LogP contribution >= 0.6 is 11.3 Å². The number of ether oxygens (including phenoxy) is 1. The fourth-order valence-electron chi connectivity index (χ4n) is 2.38. The molecule has 0 aromatic carbocycles. The Morgan fingerprint density at radius 3 is 2.53 bits per heavy atom. The monoisotopic (exact) mass is 282 g/mol. The Balaban J connectivity index is 2.31. The van der Waals surface area contributed by atoms with Crippen molar-refractivity contribution in [2.24, 2.45) is 0 Å². The minimum absolute atomic E-state index is 0.139. The largest absolute Gasteiger partial charge is 0.464 e. The Morgan fingerprint density at radius 2 is 2.00 bits per heavy atom. The van der Waals surface area contributed by atoms with Crippen LogP contribution in [0, 0.1) is 0 Å². The summed E-state index contributed by atoms with van der Waals surface area (Å²) in [5.74, 6) is -0.698. The first-order valence-corrected chi connectivity index (χ1v) is 7.19. The van der Waals surface area contributed by atoms with Crippen LogP contribution in [0.25, 0.3) is 0 Å². The highest BCUT2D eigenvalue weighted by atomic mass is 32.1. The molecule has 1 fully saturated rings. The summed E-state index contributed by atoms with van der Waals surface area (Å²) < 4.78 is 4.68. The van der Waals surface area contributed by atoms with Gasteiger partial charge in [-0.1, -0.05) is 24.2 Å². The van der Waals surface area contributed by atoms with Crippen molar-refractivity contribution in [3.8, 4) is 0 Å². The highest BCUT2D eigenvalue weighted by Gasteiger charge is 2.27. The third-order valence-electron chi connectivity index (χ3n) is 3.49. The number of hydrogen-bond acceptors (Lipinski definition) is 6. The molecule has 6 heteroatoms. The highest BCUT2D eigenvalue weighted by Crippen LogP contribution is 2.32. The zero-order chi connectivity index (χ0) is 14.0. The van der Waals surface area contributed by atoms with E-state index in [4.69, 9.17) is 0 Å². The van der Waals surface area contributed by atoms with E-state index in [1.54, 1.807) is 0 Å². The Kier molecular flexibility index (Phi) is 4.19. The second kappa shape index (κ2) is 5.69. The average Bonchev–Trinajstić information content (AvgIpc) is 3.05. The van der Waals surface area contributed by atoms with Crippen LogP contribution in [-0.4, -0.2) is 36.9 Å². The van der Waals surface area contributed by atoms with E-state index in [1.165, 1.54) is 38.2 Å². The molecule has 0 spiro atoms. The number of nitrogens with zero attached hydrogens (tertiary/aromatic N) is 2. The van der Waals surface area contributed by atoms with Gasteiger partial charge in [0.2, 0.25) is 0 Å². The summed E-state index contributed by atoms with van der Waals surface area (Å²) in [5.41, 5.74) is 0.139. The Bertz CT molecular complexity index is 492. The topological polar surface area (TPSA) is 59.5 Å². The summed E-state index contributed by atoms with van der Waals surface area (Å²) in [7, 11) is 3.27. The van der Waals surface area contributed by atoms with Crippen LogP contribution in [-0.2, 0) is 4.74 Å². The number of Topliss-reactive ketones (excluding diaryl/α,β-unsaturated/α-hetero) is 1. The molecule has 0 radical (unpaired) electrons. The maximum absolute atomic E-state index is 11.6. The summed E-state index contributed by atoms with van der Waals surface area (Å²) >= 11 is 1.27. The molecule has 1 saturated carbocycles. The standard InChI is InChI=1S/C13H18N2O3S/c1-8(16)11-10(12(17)18-3)14-13(19-11)15(2)9-6-4-5-7-9/h9H,4-7H2,1-3H3. The van der Waals surface area contributed by atoms with Gasteiger partial charge in [-0.25, -0.2) is 9.78 Å². The molecule has 5 nitrogen and oxygen atoms in total. The van der Waals surface area contributed by atoms with Gasteiger partial charge in [-0.05, 0) is 12.8 Å². The first-order chi connectivity index (χ1) is 9.04. The molecule has 1 heterocycles. The first kappa shape index (κ1) is 14.0. The number of carbonyl (C=O) groups excluding carboxylic acids is 2. The second-order valence-corrected chi connectivity index (χ2v) is 5.75. The average molecular weight is 282 g/mol. The number of methoxy groups -OCH3 is 1. The van der Waals surface area contributed by atoms with Crippen LogP contribution in [0.5, 0.6) is 0 Å². The fourth-order valence-corrected chi connectivity index (χ4v) is 3.36. The Morgan fingerprint density at radius 1 is 1.37 bits per heavy atom. The third-order valence-corrected chi connectivity index (χ3v) is 4.74. The van der Waals surface area contributed by atoms with E-state index in [1.807, 2.05) is 7.05 Å². The van der Waals surface area contributed by atoms with Crippen LogP contribution in [0.2, 0.25) is 0 Å². The van der Waals surface area contributed by atoms with E-state index in [-0.39, 0.29) is 11.5 Å². The molecule has 104 valence electrons. The lowest BCUT2D eigenvalue weighted by Gasteiger charge is -2.23. The summed E-state index contributed by atoms with van der Waals surface area (Å²) in [6.45, 7) is 1.44. The van der Waals surface area contributed by atoms with Gasteiger partial charge in [-0.15, -0.1) is 0 Å². The molecule has 1 aromatic heterocycles. The van der Waals surface area contributed by atoms with E-state index < -0.39 is 5.97 Å². The summed E-state index contributed by atoms with van der Waals surface area (Å²) in [4.78, 5) is 30.0. The quantitative estimate of drug-likeness (QED) is 0.627. The van der Waals surface area contributed by atoms with Gasteiger partial charge >= 0.3 is 5.97 Å². The Hall–Kier alpha value is -1.43. The van der Waals surface area contributed by atoms with Crippen LogP contribution in [0.15, 0.2) is 0 Å². The predicted molar refractivity (Wildman–Crippen MR) is 74.1 cm³/mol. The van der Waals surface area contributed by atoms with Gasteiger partial charge in [-0.2, -0.15) is 0 Å². The zero-order valence-corrected chi connectivity index (χ0v) is 12.2. The summed E-state index contributed by atoms with van der Waals surface area (Å²) in [6, 6.07) is 0.455. The number of ketones is 1. The maximum Gasteiger partial charge on any atom is 0.358 e. The lowest BCUT2D eigenvalue weighted by molar-refractivity contribution is 0.0591. The predicted octanol–water partition coefficient (Wildman–Crippen LogP) is 2.51. The Labute approximate surface area is 116 Å². The normalized spacial score (nSPS) is 15.5. The van der Waals surface area contributed by atoms with Gasteiger partial charge in [0.1, 0.15) is 4.88 Å². The number of hydrogen-bond donors (Lipinski definition) is 0. The van der Waals surface area contributed by atoms with Gasteiger partial charge in [-0.3, -0.25) is 4.79 Å². The molecule has 0 bridgehead atoms. The molecule has 0 N–H and O–H groups in total. The first-order valence-electron chi connectivity index (χ1n) is 6.37. The lowest BCUT2D eigenvalue weighted by Crippen LogP contribution is -2.28. The molecule has 0 aliphatic heterocycles. The minimum Gasteiger partial charge on any atom is -0.464 e. The second-order valence-electron chi connectivity index (χ2n) is 4.77. The summed E-state index contributed by atoms with van der Waals surface area (Å²) in [5, 5.41) is 0.720. The van der Waals surface area contributed by atoms with Gasteiger partial charge in [0.15, 0.2) is 16.6 Å². The molecular weight excluding hydrogens is 264 g/mol. The molecule has 1 aliphatic carbocycles. The zero-order valence-electron chi connectivity index (χ0n) is 11.4. The van der Waals surface area contributed by atoms with Crippen molar-refractivity contribution in [3.63, 3.8) is 0 Å². The lowest BCUT2D eigenvalue weighted by atomic mass is 10.2. The van der Waals surface area contributed by atoms with Gasteiger partial charge < -0.3 is 9.64 Å². The number of anilines is 1. The maximum atomic E-state index is 11.6. The van der Waals surface area contributed by atoms with Crippen LogP contribution in [0.3, 0.4) is 0 Å².